The van der Waals surface area contributed by atoms with Crippen molar-refractivity contribution < 1.29 is 14.6 Å². The van der Waals surface area contributed by atoms with Gasteiger partial charge in [0.2, 0.25) is 0 Å². The molecule has 2 aromatic carbocycles. The van der Waals surface area contributed by atoms with Crippen LogP contribution in [0.15, 0.2) is 48.5 Å². The van der Waals surface area contributed by atoms with Crippen molar-refractivity contribution in [2.24, 2.45) is 0 Å². The molecule has 0 amide bonds. The number of hydrogen-bond acceptors (Lipinski definition) is 3. The predicted molar refractivity (Wildman–Crippen MR) is 79.9 cm³/mol. The SMILES string of the molecule is O=C(OC1CCCc2ccccc21)c1ccc(CO)cc1. The Morgan fingerprint density at radius 1 is 1.14 bits per heavy atom. The van der Waals surface area contributed by atoms with Gasteiger partial charge >= 0.3 is 5.97 Å². The summed E-state index contributed by atoms with van der Waals surface area (Å²) in [5.41, 5.74) is 3.71. The number of aliphatic hydroxyl groups is 1. The topological polar surface area (TPSA) is 46.5 Å². The molecule has 3 nitrogen and oxygen atoms in total. The quantitative estimate of drug-likeness (QED) is 0.877. The number of carbonyl (C=O) groups excluding carboxylic acids is 1. The average molecular weight is 282 g/mol. The van der Waals surface area contributed by atoms with E-state index in [4.69, 9.17) is 9.84 Å². The van der Waals surface area contributed by atoms with Crippen LogP contribution in [-0.2, 0) is 17.8 Å². The Balaban J connectivity index is 1.76. The van der Waals surface area contributed by atoms with Gasteiger partial charge in [0.25, 0.3) is 0 Å². The van der Waals surface area contributed by atoms with Gasteiger partial charge in [-0.1, -0.05) is 36.4 Å². The monoisotopic (exact) mass is 282 g/mol. The van der Waals surface area contributed by atoms with Crippen molar-refractivity contribution in [3.05, 3.63) is 70.8 Å². The number of rotatable bonds is 3. The van der Waals surface area contributed by atoms with E-state index in [0.717, 1.165) is 30.4 Å². The van der Waals surface area contributed by atoms with Crippen molar-refractivity contribution in [3.8, 4) is 0 Å². The third-order valence-corrected chi connectivity index (χ3v) is 3.94. The van der Waals surface area contributed by atoms with Gasteiger partial charge in [-0.3, -0.25) is 0 Å². The molecule has 0 aliphatic heterocycles. The van der Waals surface area contributed by atoms with Gasteiger partial charge in [0, 0.05) is 0 Å². The summed E-state index contributed by atoms with van der Waals surface area (Å²) in [5.74, 6) is -0.304. The lowest BCUT2D eigenvalue weighted by molar-refractivity contribution is 0.0256. The lowest BCUT2D eigenvalue weighted by Crippen LogP contribution is -2.16. The summed E-state index contributed by atoms with van der Waals surface area (Å²) in [6.45, 7) is -0.0225. The van der Waals surface area contributed by atoms with E-state index in [2.05, 4.69) is 6.07 Å². The Morgan fingerprint density at radius 3 is 2.67 bits per heavy atom. The molecule has 1 unspecified atom stereocenters. The molecule has 2 aromatic rings. The molecule has 3 heteroatoms. The molecule has 1 atom stereocenters. The number of aliphatic hydroxyl groups excluding tert-OH is 1. The molecule has 0 aromatic heterocycles. The third kappa shape index (κ3) is 2.98. The van der Waals surface area contributed by atoms with Crippen molar-refractivity contribution in [3.63, 3.8) is 0 Å². The van der Waals surface area contributed by atoms with Crippen molar-refractivity contribution in [1.29, 1.82) is 0 Å². The van der Waals surface area contributed by atoms with Crippen LogP contribution in [0.5, 0.6) is 0 Å². The Kier molecular flexibility index (Phi) is 4.02. The van der Waals surface area contributed by atoms with Crippen molar-refractivity contribution in [1.82, 2.24) is 0 Å². The minimum atomic E-state index is -0.304. The zero-order chi connectivity index (χ0) is 14.7. The first-order valence-electron chi connectivity index (χ1n) is 7.26. The first-order valence-corrected chi connectivity index (χ1v) is 7.26. The fourth-order valence-corrected chi connectivity index (χ4v) is 2.78. The molecule has 0 bridgehead atoms. The molecule has 0 spiro atoms. The average Bonchev–Trinajstić information content (AvgIpc) is 2.55. The van der Waals surface area contributed by atoms with Crippen LogP contribution in [0.3, 0.4) is 0 Å². The first-order chi connectivity index (χ1) is 10.3. The van der Waals surface area contributed by atoms with Crippen LogP contribution in [0.2, 0.25) is 0 Å². The highest BCUT2D eigenvalue weighted by atomic mass is 16.5. The summed E-state index contributed by atoms with van der Waals surface area (Å²) in [6.07, 6.45) is 2.81. The Labute approximate surface area is 124 Å². The van der Waals surface area contributed by atoms with Crippen LogP contribution in [0.4, 0.5) is 0 Å². The highest BCUT2D eigenvalue weighted by Crippen LogP contribution is 2.32. The third-order valence-electron chi connectivity index (χ3n) is 3.94. The molecule has 1 aliphatic rings. The maximum atomic E-state index is 12.2. The molecule has 0 fully saturated rings. The van der Waals surface area contributed by atoms with Gasteiger partial charge in [-0.05, 0) is 48.1 Å². The molecule has 3 rings (SSSR count). The van der Waals surface area contributed by atoms with Crippen LogP contribution in [-0.4, -0.2) is 11.1 Å². The van der Waals surface area contributed by atoms with Gasteiger partial charge in [0.15, 0.2) is 0 Å². The van der Waals surface area contributed by atoms with Crippen molar-refractivity contribution >= 4 is 5.97 Å². The van der Waals surface area contributed by atoms with E-state index in [1.165, 1.54) is 5.56 Å². The zero-order valence-corrected chi connectivity index (χ0v) is 11.8. The van der Waals surface area contributed by atoms with Crippen molar-refractivity contribution in [2.45, 2.75) is 32.0 Å². The minimum Gasteiger partial charge on any atom is -0.454 e. The van der Waals surface area contributed by atoms with Gasteiger partial charge in [0.05, 0.1) is 12.2 Å². The molecule has 0 radical (unpaired) electrons. The van der Waals surface area contributed by atoms with Crippen LogP contribution in [0.25, 0.3) is 0 Å². The number of fused-ring (bicyclic) bond motifs is 1. The molecule has 0 saturated heterocycles. The summed E-state index contributed by atoms with van der Waals surface area (Å²) >= 11 is 0. The number of aryl methyl sites for hydroxylation is 1. The Morgan fingerprint density at radius 2 is 1.90 bits per heavy atom. The standard InChI is InChI=1S/C18H18O3/c19-12-13-8-10-15(11-9-13)18(20)21-17-7-3-5-14-4-1-2-6-16(14)17/h1-2,4,6,8-11,17,19H,3,5,7,12H2. The second-order valence-corrected chi connectivity index (χ2v) is 5.34. The summed E-state index contributed by atoms with van der Waals surface area (Å²) in [6, 6.07) is 15.0. The van der Waals surface area contributed by atoms with E-state index in [0.29, 0.717) is 5.56 Å². The molecular formula is C18H18O3. The van der Waals surface area contributed by atoms with Gasteiger partial charge in [0.1, 0.15) is 6.10 Å². The molecule has 21 heavy (non-hydrogen) atoms. The largest absolute Gasteiger partial charge is 0.454 e. The van der Waals surface area contributed by atoms with E-state index < -0.39 is 0 Å². The second kappa shape index (κ2) is 6.10. The summed E-state index contributed by atoms with van der Waals surface area (Å²) in [7, 11) is 0. The fourth-order valence-electron chi connectivity index (χ4n) is 2.78. The minimum absolute atomic E-state index is 0.0225. The van der Waals surface area contributed by atoms with Crippen LogP contribution < -0.4 is 0 Å². The summed E-state index contributed by atoms with van der Waals surface area (Å²) in [4.78, 5) is 12.2. The van der Waals surface area contributed by atoms with E-state index in [9.17, 15) is 4.79 Å². The second-order valence-electron chi connectivity index (χ2n) is 5.34. The molecule has 108 valence electrons. The predicted octanol–water partition coefficient (Wildman–Crippen LogP) is 3.41. The maximum absolute atomic E-state index is 12.2. The molecule has 0 heterocycles. The molecular weight excluding hydrogens is 264 g/mol. The maximum Gasteiger partial charge on any atom is 0.338 e. The van der Waals surface area contributed by atoms with Gasteiger partial charge in [-0.25, -0.2) is 4.79 Å². The van der Waals surface area contributed by atoms with E-state index in [1.807, 2.05) is 18.2 Å². The number of hydrogen-bond donors (Lipinski definition) is 1. The number of esters is 1. The van der Waals surface area contributed by atoms with E-state index >= 15 is 0 Å². The lowest BCUT2D eigenvalue weighted by Gasteiger charge is -2.25. The van der Waals surface area contributed by atoms with Crippen LogP contribution >= 0.6 is 0 Å². The number of ether oxygens (including phenoxy) is 1. The molecule has 0 saturated carbocycles. The highest BCUT2D eigenvalue weighted by Gasteiger charge is 2.23. The highest BCUT2D eigenvalue weighted by molar-refractivity contribution is 5.89. The van der Waals surface area contributed by atoms with Gasteiger partial charge in [-0.2, -0.15) is 0 Å². The fraction of sp³-hybridized carbons (Fsp3) is 0.278. The van der Waals surface area contributed by atoms with Crippen LogP contribution in [0.1, 0.15) is 46.0 Å². The van der Waals surface area contributed by atoms with E-state index in [1.54, 1.807) is 24.3 Å². The van der Waals surface area contributed by atoms with Crippen molar-refractivity contribution in [2.75, 3.05) is 0 Å². The first kappa shape index (κ1) is 13.8. The number of benzene rings is 2. The Bertz CT molecular complexity index is 631. The Hall–Kier alpha value is -2.13. The van der Waals surface area contributed by atoms with Gasteiger partial charge < -0.3 is 9.84 Å². The molecule has 1 aliphatic carbocycles. The number of carbonyl (C=O) groups is 1. The summed E-state index contributed by atoms with van der Waals surface area (Å²) < 4.78 is 5.68. The van der Waals surface area contributed by atoms with Gasteiger partial charge in [-0.15, -0.1) is 0 Å². The van der Waals surface area contributed by atoms with E-state index in [-0.39, 0.29) is 18.7 Å². The normalized spacial score (nSPS) is 17.1. The molecule has 1 N–H and O–H groups in total. The lowest BCUT2D eigenvalue weighted by atomic mass is 9.89. The summed E-state index contributed by atoms with van der Waals surface area (Å²) in [5, 5.41) is 9.02. The smallest absolute Gasteiger partial charge is 0.338 e. The zero-order valence-electron chi connectivity index (χ0n) is 11.8. The van der Waals surface area contributed by atoms with Crippen LogP contribution in [0, 0.1) is 0 Å².